The van der Waals surface area contributed by atoms with E-state index in [0.717, 1.165) is 24.1 Å². The van der Waals surface area contributed by atoms with Crippen LogP contribution >= 0.6 is 0 Å². The van der Waals surface area contributed by atoms with Gasteiger partial charge in [-0.1, -0.05) is 6.08 Å². The molecule has 7 heteroatoms. The van der Waals surface area contributed by atoms with Crippen molar-refractivity contribution in [3.8, 4) is 0 Å². The van der Waals surface area contributed by atoms with Gasteiger partial charge in [-0.05, 0) is 36.6 Å². The molecule has 0 saturated heterocycles. The van der Waals surface area contributed by atoms with Crippen molar-refractivity contribution >= 4 is 27.3 Å². The van der Waals surface area contributed by atoms with Crippen LogP contribution in [0.2, 0.25) is 0 Å². The van der Waals surface area contributed by atoms with Crippen LogP contribution in [0.5, 0.6) is 0 Å². The number of hydrogen-bond acceptors (Lipinski definition) is 4. The number of carbonyl (C=O) groups is 2. The van der Waals surface area contributed by atoms with Crippen molar-refractivity contribution in [3.63, 3.8) is 0 Å². The molecule has 24 heavy (non-hydrogen) atoms. The summed E-state index contributed by atoms with van der Waals surface area (Å²) in [7, 11) is -3.54. The van der Waals surface area contributed by atoms with Crippen LogP contribution in [0.3, 0.4) is 0 Å². The fourth-order valence-electron chi connectivity index (χ4n) is 2.71. The van der Waals surface area contributed by atoms with E-state index in [1.807, 2.05) is 0 Å². The summed E-state index contributed by atoms with van der Waals surface area (Å²) in [5, 5.41) is 2.56. The maximum absolute atomic E-state index is 12.4. The summed E-state index contributed by atoms with van der Waals surface area (Å²) >= 11 is 0. The third-order valence-electron chi connectivity index (χ3n) is 3.95. The van der Waals surface area contributed by atoms with Gasteiger partial charge in [0, 0.05) is 32.1 Å². The summed E-state index contributed by atoms with van der Waals surface area (Å²) in [6.07, 6.45) is 2.99. The molecule has 0 bridgehead atoms. The molecule has 2 amide bonds. The first-order valence-electron chi connectivity index (χ1n) is 7.86. The van der Waals surface area contributed by atoms with Crippen molar-refractivity contribution in [2.75, 3.05) is 23.7 Å². The number of sulfone groups is 1. The highest BCUT2D eigenvalue weighted by Crippen LogP contribution is 2.29. The average molecular weight is 350 g/mol. The lowest BCUT2D eigenvalue weighted by molar-refractivity contribution is -0.120. The van der Waals surface area contributed by atoms with Gasteiger partial charge in [-0.25, -0.2) is 8.42 Å². The van der Waals surface area contributed by atoms with Crippen molar-refractivity contribution in [2.24, 2.45) is 0 Å². The Morgan fingerprint density at radius 3 is 2.79 bits per heavy atom. The minimum atomic E-state index is -3.54. The van der Waals surface area contributed by atoms with Crippen LogP contribution in [0.25, 0.3) is 0 Å². The number of amides is 2. The van der Waals surface area contributed by atoms with Crippen LogP contribution in [-0.4, -0.2) is 39.1 Å². The molecule has 0 atom stereocenters. The van der Waals surface area contributed by atoms with Crippen molar-refractivity contribution < 1.29 is 18.0 Å². The summed E-state index contributed by atoms with van der Waals surface area (Å²) in [5.74, 6) is -0.616. The molecule has 0 spiro atoms. The second-order valence-electron chi connectivity index (χ2n) is 5.73. The zero-order valence-corrected chi connectivity index (χ0v) is 14.6. The monoisotopic (exact) mass is 350 g/mol. The van der Waals surface area contributed by atoms with E-state index in [9.17, 15) is 18.0 Å². The highest BCUT2D eigenvalue weighted by Gasteiger charge is 2.23. The first-order chi connectivity index (χ1) is 11.3. The highest BCUT2D eigenvalue weighted by molar-refractivity contribution is 7.91. The lowest BCUT2D eigenvalue weighted by Crippen LogP contribution is -2.33. The van der Waals surface area contributed by atoms with Gasteiger partial charge in [0.15, 0.2) is 9.84 Å². The van der Waals surface area contributed by atoms with Gasteiger partial charge in [0.25, 0.3) is 0 Å². The fraction of sp³-hybridized carbons (Fsp3) is 0.412. The van der Waals surface area contributed by atoms with Gasteiger partial charge in [0.2, 0.25) is 11.8 Å². The quantitative estimate of drug-likeness (QED) is 0.787. The predicted molar refractivity (Wildman–Crippen MR) is 92.7 cm³/mol. The lowest BCUT2D eigenvalue weighted by atomic mass is 10.0. The van der Waals surface area contributed by atoms with Crippen molar-refractivity contribution in [3.05, 3.63) is 36.4 Å². The van der Waals surface area contributed by atoms with E-state index in [-0.39, 0.29) is 28.9 Å². The van der Waals surface area contributed by atoms with Crippen LogP contribution in [0, 0.1) is 0 Å². The smallest absolute Gasteiger partial charge is 0.223 e. The molecule has 0 saturated carbocycles. The molecule has 0 fully saturated rings. The van der Waals surface area contributed by atoms with Crippen LogP contribution in [-0.2, 0) is 25.8 Å². The number of anilines is 1. The number of fused-ring (bicyclic) bond motifs is 1. The van der Waals surface area contributed by atoms with Crippen molar-refractivity contribution in [1.82, 2.24) is 5.32 Å². The summed E-state index contributed by atoms with van der Waals surface area (Å²) in [5.41, 5.74) is 1.63. The summed E-state index contributed by atoms with van der Waals surface area (Å²) in [6.45, 7) is 5.96. The summed E-state index contributed by atoms with van der Waals surface area (Å²) in [6, 6.07) is 4.82. The Morgan fingerprint density at radius 2 is 2.12 bits per heavy atom. The standard InChI is InChI=1S/C17H22N2O4S/c1-3-9-18-17(21)8-11-24(22,23)15-6-7-16-14(12-15)5-4-10-19(16)13(2)20/h3,6-7,12H,1,4-5,8-11H2,2H3,(H,18,21). The van der Waals surface area contributed by atoms with Crippen LogP contribution in [0.1, 0.15) is 25.3 Å². The first-order valence-corrected chi connectivity index (χ1v) is 9.52. The summed E-state index contributed by atoms with van der Waals surface area (Å²) in [4.78, 5) is 25.1. The molecular formula is C17H22N2O4S. The minimum Gasteiger partial charge on any atom is -0.353 e. The van der Waals surface area contributed by atoms with Gasteiger partial charge >= 0.3 is 0 Å². The zero-order chi connectivity index (χ0) is 17.7. The zero-order valence-electron chi connectivity index (χ0n) is 13.7. The topological polar surface area (TPSA) is 83.6 Å². The van der Waals surface area contributed by atoms with Crippen LogP contribution in [0.15, 0.2) is 35.7 Å². The van der Waals surface area contributed by atoms with E-state index >= 15 is 0 Å². The Hall–Kier alpha value is -2.15. The van der Waals surface area contributed by atoms with Crippen molar-refractivity contribution in [2.45, 2.75) is 31.1 Å². The fourth-order valence-corrected chi connectivity index (χ4v) is 4.00. The molecular weight excluding hydrogens is 328 g/mol. The molecule has 0 unspecified atom stereocenters. The number of aryl methyl sites for hydroxylation is 1. The number of hydrogen-bond donors (Lipinski definition) is 1. The maximum Gasteiger partial charge on any atom is 0.223 e. The number of nitrogens with zero attached hydrogens (tertiary/aromatic N) is 1. The third-order valence-corrected chi connectivity index (χ3v) is 5.66. The molecule has 0 aromatic heterocycles. The molecule has 0 radical (unpaired) electrons. The van der Waals surface area contributed by atoms with E-state index in [1.165, 1.54) is 19.1 Å². The Bertz CT molecular complexity index is 756. The van der Waals surface area contributed by atoms with E-state index in [4.69, 9.17) is 0 Å². The highest BCUT2D eigenvalue weighted by atomic mass is 32.2. The Balaban J connectivity index is 2.15. The van der Waals surface area contributed by atoms with E-state index in [1.54, 1.807) is 17.0 Å². The first kappa shape index (κ1) is 18.2. The number of rotatable bonds is 6. The molecule has 130 valence electrons. The number of nitrogens with one attached hydrogen (secondary N) is 1. The van der Waals surface area contributed by atoms with Gasteiger partial charge in [-0.2, -0.15) is 0 Å². The minimum absolute atomic E-state index is 0.0505. The third kappa shape index (κ3) is 4.23. The Labute approximate surface area is 142 Å². The second kappa shape index (κ2) is 7.61. The summed E-state index contributed by atoms with van der Waals surface area (Å²) < 4.78 is 24.9. The SMILES string of the molecule is C=CCNC(=O)CCS(=O)(=O)c1ccc2c(c1)CCCN2C(C)=O. The average Bonchev–Trinajstić information content (AvgIpc) is 2.57. The Kier molecular flexibility index (Phi) is 5.77. The number of carbonyl (C=O) groups excluding carboxylic acids is 2. The van der Waals surface area contributed by atoms with Gasteiger partial charge in [-0.15, -0.1) is 6.58 Å². The molecule has 1 heterocycles. The van der Waals surface area contributed by atoms with Gasteiger partial charge in [0.05, 0.1) is 10.6 Å². The lowest BCUT2D eigenvalue weighted by Gasteiger charge is -2.28. The molecule has 2 rings (SSSR count). The number of benzene rings is 1. The molecule has 1 aliphatic rings. The van der Waals surface area contributed by atoms with Crippen molar-refractivity contribution in [1.29, 1.82) is 0 Å². The van der Waals surface area contributed by atoms with Gasteiger partial charge in [-0.3, -0.25) is 9.59 Å². The van der Waals surface area contributed by atoms with Crippen LogP contribution < -0.4 is 10.2 Å². The maximum atomic E-state index is 12.4. The van der Waals surface area contributed by atoms with E-state index in [0.29, 0.717) is 13.1 Å². The largest absolute Gasteiger partial charge is 0.353 e. The Morgan fingerprint density at radius 1 is 1.38 bits per heavy atom. The van der Waals surface area contributed by atoms with Gasteiger partial charge < -0.3 is 10.2 Å². The molecule has 1 aromatic carbocycles. The molecule has 1 aliphatic heterocycles. The predicted octanol–water partition coefficient (Wildman–Crippen LogP) is 1.45. The van der Waals surface area contributed by atoms with E-state index in [2.05, 4.69) is 11.9 Å². The molecule has 1 aromatic rings. The molecule has 6 nitrogen and oxygen atoms in total. The van der Waals surface area contributed by atoms with Crippen LogP contribution in [0.4, 0.5) is 5.69 Å². The van der Waals surface area contributed by atoms with Gasteiger partial charge in [0.1, 0.15) is 0 Å². The molecule has 0 aliphatic carbocycles. The van der Waals surface area contributed by atoms with E-state index < -0.39 is 9.84 Å². The molecule has 1 N–H and O–H groups in total. The second-order valence-corrected chi connectivity index (χ2v) is 7.84. The normalized spacial score (nSPS) is 14.0.